The van der Waals surface area contributed by atoms with Crippen molar-refractivity contribution in [1.29, 1.82) is 0 Å². The van der Waals surface area contributed by atoms with Crippen LogP contribution < -0.4 is 9.64 Å². The normalized spacial score (nSPS) is 11.5. The van der Waals surface area contributed by atoms with E-state index in [0.717, 1.165) is 37.6 Å². The Morgan fingerprint density at radius 2 is 1.71 bits per heavy atom. The monoisotopic (exact) mass is 395 g/mol. The Kier molecular flexibility index (Phi) is 8.08. The number of aryl methyl sites for hydroxylation is 1. The number of nitrogens with zero attached hydrogens (tertiary/aromatic N) is 3. The van der Waals surface area contributed by atoms with Gasteiger partial charge in [-0.1, -0.05) is 45.2 Å². The van der Waals surface area contributed by atoms with E-state index in [0.29, 0.717) is 13.0 Å². The fourth-order valence-electron chi connectivity index (χ4n) is 2.88. The second-order valence-electron chi connectivity index (χ2n) is 6.60. The van der Waals surface area contributed by atoms with Gasteiger partial charge in [0.25, 0.3) is 0 Å². The van der Waals surface area contributed by atoms with Crippen LogP contribution in [0.2, 0.25) is 0 Å². The molecule has 0 atom stereocenters. The van der Waals surface area contributed by atoms with Gasteiger partial charge in [-0.05, 0) is 37.5 Å². The summed E-state index contributed by atoms with van der Waals surface area (Å²) >= 11 is 0. The average molecular weight is 395 g/mol. The second kappa shape index (κ2) is 10.3. The molecule has 0 aliphatic carbocycles. The first-order valence-electron chi connectivity index (χ1n) is 9.84. The van der Waals surface area contributed by atoms with Gasteiger partial charge in [0.2, 0.25) is 11.8 Å². The van der Waals surface area contributed by atoms with Crippen LogP contribution in [0.3, 0.4) is 0 Å². The summed E-state index contributed by atoms with van der Waals surface area (Å²) < 4.78 is 45.3. The topological polar surface area (TPSA) is 38.2 Å². The van der Waals surface area contributed by atoms with E-state index in [1.165, 1.54) is 5.56 Å². The zero-order valence-electron chi connectivity index (χ0n) is 16.7. The maximum Gasteiger partial charge on any atom is 0.423 e. The number of halogens is 3. The first-order chi connectivity index (χ1) is 13.4. The Hall–Kier alpha value is -2.31. The van der Waals surface area contributed by atoms with Gasteiger partial charge in [0.15, 0.2) is 0 Å². The molecule has 2 aromatic rings. The minimum atomic E-state index is -4.56. The maximum atomic E-state index is 13.3. The summed E-state index contributed by atoms with van der Waals surface area (Å²) in [4.78, 5) is 9.86. The lowest BCUT2D eigenvalue weighted by atomic mass is 10.1. The molecule has 1 aromatic carbocycles. The van der Waals surface area contributed by atoms with Crippen molar-refractivity contribution >= 4 is 11.6 Å². The summed E-state index contributed by atoms with van der Waals surface area (Å²) in [6.45, 7) is 6.76. The summed E-state index contributed by atoms with van der Waals surface area (Å²) in [5, 5.41) is 0. The molecule has 2 rings (SSSR count). The van der Waals surface area contributed by atoms with E-state index in [-0.39, 0.29) is 12.6 Å². The first-order valence-corrected chi connectivity index (χ1v) is 9.84. The Labute approximate surface area is 164 Å². The van der Waals surface area contributed by atoms with Gasteiger partial charge in [-0.2, -0.15) is 18.2 Å². The lowest BCUT2D eigenvalue weighted by Crippen LogP contribution is -2.21. The van der Waals surface area contributed by atoms with Crippen molar-refractivity contribution in [2.75, 3.05) is 18.1 Å². The van der Waals surface area contributed by atoms with Crippen LogP contribution in [0.15, 0.2) is 30.5 Å². The number of benzene rings is 1. The zero-order valence-corrected chi connectivity index (χ0v) is 16.7. The molecule has 0 amide bonds. The predicted octanol–water partition coefficient (Wildman–Crippen LogP) is 6.17. The van der Waals surface area contributed by atoms with Crippen molar-refractivity contribution < 1.29 is 17.9 Å². The first kappa shape index (κ1) is 22.0. The van der Waals surface area contributed by atoms with Gasteiger partial charge in [0, 0.05) is 18.4 Å². The van der Waals surface area contributed by atoms with Crippen LogP contribution >= 0.6 is 0 Å². The van der Waals surface area contributed by atoms with Crippen LogP contribution in [0.1, 0.15) is 57.6 Å². The summed E-state index contributed by atoms with van der Waals surface area (Å²) in [5.41, 5.74) is 1.11. The number of alkyl halides is 3. The Morgan fingerprint density at radius 3 is 2.29 bits per heavy atom. The minimum Gasteiger partial charge on any atom is -0.477 e. The second-order valence-corrected chi connectivity index (χ2v) is 6.60. The fraction of sp³-hybridized carbons (Fsp3) is 0.524. The number of anilines is 2. The van der Waals surface area contributed by atoms with Crippen molar-refractivity contribution in [3.8, 4) is 5.88 Å². The lowest BCUT2D eigenvalue weighted by Gasteiger charge is -2.22. The third-order valence-electron chi connectivity index (χ3n) is 4.38. The zero-order chi connectivity index (χ0) is 20.6. The molecule has 154 valence electrons. The number of unbranched alkanes of at least 4 members (excludes halogenated alkanes) is 2. The highest BCUT2D eigenvalue weighted by Gasteiger charge is 2.36. The molecule has 0 fully saturated rings. The number of hydrogen-bond acceptors (Lipinski definition) is 4. The Morgan fingerprint density at radius 1 is 1.00 bits per heavy atom. The van der Waals surface area contributed by atoms with E-state index < -0.39 is 17.6 Å². The SMILES string of the molecule is CCCCCOc1nc(N(CC)c2ccc(CCC)cc2)ncc1C(F)(F)F. The summed E-state index contributed by atoms with van der Waals surface area (Å²) in [6, 6.07) is 7.93. The van der Waals surface area contributed by atoms with Crippen LogP contribution in [0.4, 0.5) is 24.8 Å². The molecule has 0 aliphatic rings. The molecule has 0 saturated heterocycles. The number of rotatable bonds is 10. The highest BCUT2D eigenvalue weighted by molar-refractivity contribution is 5.58. The largest absolute Gasteiger partial charge is 0.477 e. The van der Waals surface area contributed by atoms with Gasteiger partial charge in [-0.3, -0.25) is 0 Å². The smallest absolute Gasteiger partial charge is 0.423 e. The van der Waals surface area contributed by atoms with Gasteiger partial charge >= 0.3 is 6.18 Å². The van der Waals surface area contributed by atoms with Crippen LogP contribution in [0.5, 0.6) is 5.88 Å². The van der Waals surface area contributed by atoms with E-state index in [9.17, 15) is 13.2 Å². The highest BCUT2D eigenvalue weighted by Crippen LogP contribution is 2.36. The molecule has 0 unspecified atom stereocenters. The molecule has 0 bridgehead atoms. The van der Waals surface area contributed by atoms with Crippen molar-refractivity contribution in [2.45, 2.75) is 59.1 Å². The molecule has 0 saturated carbocycles. The molecule has 1 heterocycles. The Balaban J connectivity index is 2.31. The number of hydrogen-bond donors (Lipinski definition) is 0. The van der Waals surface area contributed by atoms with Crippen LogP contribution in [0, 0.1) is 0 Å². The fourth-order valence-corrected chi connectivity index (χ4v) is 2.88. The molecule has 0 aliphatic heterocycles. The summed E-state index contributed by atoms with van der Waals surface area (Å²) in [6.07, 6.45) is 0.829. The summed E-state index contributed by atoms with van der Waals surface area (Å²) in [5.74, 6) is -0.209. The molecule has 1 aromatic heterocycles. The van der Waals surface area contributed by atoms with Gasteiger partial charge in [0.1, 0.15) is 5.56 Å². The van der Waals surface area contributed by atoms with E-state index in [1.807, 2.05) is 38.1 Å². The molecule has 0 spiro atoms. The number of aromatic nitrogens is 2. The quantitative estimate of drug-likeness (QED) is 0.451. The third kappa shape index (κ3) is 5.84. The molecular formula is C21H28F3N3O. The van der Waals surface area contributed by atoms with Gasteiger partial charge in [0.05, 0.1) is 6.61 Å². The highest BCUT2D eigenvalue weighted by atomic mass is 19.4. The van der Waals surface area contributed by atoms with Crippen LogP contribution in [-0.2, 0) is 12.6 Å². The molecule has 28 heavy (non-hydrogen) atoms. The van der Waals surface area contributed by atoms with Gasteiger partial charge in [-0.25, -0.2) is 4.98 Å². The molecule has 7 heteroatoms. The standard InChI is InChI=1S/C21H28F3N3O/c1-4-7-8-14-28-19-18(21(22,23)24)15-25-20(26-19)27(6-3)17-12-10-16(9-5-2)11-13-17/h10-13,15H,4-9,14H2,1-3H3. The van der Waals surface area contributed by atoms with Crippen LogP contribution in [0.25, 0.3) is 0 Å². The molecule has 0 radical (unpaired) electrons. The van der Waals surface area contributed by atoms with Crippen molar-refractivity contribution in [1.82, 2.24) is 9.97 Å². The Bertz CT molecular complexity index is 733. The van der Waals surface area contributed by atoms with Crippen molar-refractivity contribution in [3.05, 3.63) is 41.6 Å². The van der Waals surface area contributed by atoms with Crippen LogP contribution in [-0.4, -0.2) is 23.1 Å². The van der Waals surface area contributed by atoms with Gasteiger partial charge in [-0.15, -0.1) is 0 Å². The van der Waals surface area contributed by atoms with Crippen molar-refractivity contribution in [3.63, 3.8) is 0 Å². The lowest BCUT2D eigenvalue weighted by molar-refractivity contribution is -0.139. The minimum absolute atomic E-state index is 0.198. The number of ether oxygens (including phenoxy) is 1. The molecule has 4 nitrogen and oxygen atoms in total. The van der Waals surface area contributed by atoms with Crippen molar-refractivity contribution in [2.24, 2.45) is 0 Å². The summed E-state index contributed by atoms with van der Waals surface area (Å²) in [7, 11) is 0. The third-order valence-corrected chi connectivity index (χ3v) is 4.38. The van der Waals surface area contributed by atoms with E-state index >= 15 is 0 Å². The van der Waals surface area contributed by atoms with E-state index in [4.69, 9.17) is 4.74 Å². The van der Waals surface area contributed by atoms with E-state index in [1.54, 1.807) is 4.90 Å². The van der Waals surface area contributed by atoms with E-state index in [2.05, 4.69) is 16.9 Å². The maximum absolute atomic E-state index is 13.3. The van der Waals surface area contributed by atoms with Gasteiger partial charge < -0.3 is 9.64 Å². The molecular weight excluding hydrogens is 367 g/mol. The molecule has 0 N–H and O–H groups in total. The average Bonchev–Trinajstić information content (AvgIpc) is 2.67. The predicted molar refractivity (Wildman–Crippen MR) is 105 cm³/mol.